The molecule has 0 unspecified atom stereocenters. The molecule has 0 atom stereocenters. The monoisotopic (exact) mass is 434 g/mol. The third kappa shape index (κ3) is 3.41. The number of nitrogens with two attached hydrogens (primary N) is 1. The lowest BCUT2D eigenvalue weighted by atomic mass is 9.99. The van der Waals surface area contributed by atoms with Crippen LogP contribution in [0.5, 0.6) is 5.75 Å². The normalized spacial score (nSPS) is 14.1. The second kappa shape index (κ2) is 7.81. The number of fused-ring (bicyclic) bond motifs is 1. The molecule has 156 valence electrons. The molecule has 1 amide bonds. The molecule has 0 bridgehead atoms. The van der Waals surface area contributed by atoms with Gasteiger partial charge in [-0.1, -0.05) is 29.8 Å². The van der Waals surface area contributed by atoms with Crippen molar-refractivity contribution in [2.45, 2.75) is 6.92 Å². The van der Waals surface area contributed by atoms with Gasteiger partial charge in [0.2, 0.25) is 0 Å². The third-order valence-corrected chi connectivity index (χ3v) is 5.57. The molecule has 1 heterocycles. The highest BCUT2D eigenvalue weighted by Crippen LogP contribution is 2.45. The van der Waals surface area contributed by atoms with E-state index in [0.29, 0.717) is 33.3 Å². The lowest BCUT2D eigenvalue weighted by molar-refractivity contribution is -0.112. The molecule has 6 nitrogen and oxygen atoms in total. The molecular formula is C24H19ClN2O4. The standard InChI is InChI=1S/C24H19ClN2O4/c1-13-5-3-7-20-22(13)17(12-16-18(25)6-4-8-21(16)31-2)23(28)27(20)14-9-10-15(24(29)30)19(26)11-14/h3-12H,26H2,1-2H3,(H,29,30)/b17-12+. The molecule has 0 aromatic heterocycles. The van der Waals surface area contributed by atoms with Crippen LogP contribution in [0.1, 0.15) is 27.0 Å². The number of carbonyl (C=O) groups excluding carboxylic acids is 1. The number of amides is 1. The van der Waals surface area contributed by atoms with Crippen LogP contribution in [0.3, 0.4) is 0 Å². The van der Waals surface area contributed by atoms with Crippen LogP contribution in [-0.2, 0) is 4.79 Å². The van der Waals surface area contributed by atoms with Gasteiger partial charge in [0.25, 0.3) is 5.91 Å². The summed E-state index contributed by atoms with van der Waals surface area (Å²) in [5.41, 5.74) is 9.92. The number of aromatic carboxylic acids is 1. The summed E-state index contributed by atoms with van der Waals surface area (Å²) in [6.07, 6.45) is 1.73. The van der Waals surface area contributed by atoms with Gasteiger partial charge in [0.1, 0.15) is 5.75 Å². The zero-order valence-corrected chi connectivity index (χ0v) is 17.6. The van der Waals surface area contributed by atoms with E-state index in [4.69, 9.17) is 22.1 Å². The van der Waals surface area contributed by atoms with E-state index in [0.717, 1.165) is 11.1 Å². The number of methoxy groups -OCH3 is 1. The van der Waals surface area contributed by atoms with E-state index in [1.165, 1.54) is 17.0 Å². The first kappa shape index (κ1) is 20.5. The Labute approximate surface area is 184 Å². The number of carboxylic acid groups (broad SMARTS) is 1. The predicted octanol–water partition coefficient (Wildman–Crippen LogP) is 5.16. The zero-order chi connectivity index (χ0) is 22.3. The third-order valence-electron chi connectivity index (χ3n) is 5.24. The summed E-state index contributed by atoms with van der Waals surface area (Å²) in [6, 6.07) is 15.4. The van der Waals surface area contributed by atoms with E-state index < -0.39 is 5.97 Å². The van der Waals surface area contributed by atoms with Gasteiger partial charge in [0, 0.05) is 16.8 Å². The van der Waals surface area contributed by atoms with Crippen molar-refractivity contribution in [1.82, 2.24) is 0 Å². The fraction of sp³-hybridized carbons (Fsp3) is 0.0833. The van der Waals surface area contributed by atoms with Crippen molar-refractivity contribution in [3.05, 3.63) is 81.9 Å². The fourth-order valence-electron chi connectivity index (χ4n) is 3.78. The first-order chi connectivity index (χ1) is 14.8. The van der Waals surface area contributed by atoms with E-state index in [1.807, 2.05) is 25.1 Å². The van der Waals surface area contributed by atoms with Crippen molar-refractivity contribution in [3.8, 4) is 5.75 Å². The summed E-state index contributed by atoms with van der Waals surface area (Å²) in [5.74, 6) is -0.843. The average Bonchev–Trinajstić information content (AvgIpc) is 3.01. The minimum Gasteiger partial charge on any atom is -0.496 e. The van der Waals surface area contributed by atoms with E-state index in [2.05, 4.69) is 0 Å². The van der Waals surface area contributed by atoms with Crippen LogP contribution in [0, 0.1) is 6.92 Å². The largest absolute Gasteiger partial charge is 0.496 e. The highest BCUT2D eigenvalue weighted by molar-refractivity contribution is 6.39. The van der Waals surface area contributed by atoms with Crippen molar-refractivity contribution in [2.24, 2.45) is 0 Å². The number of anilines is 3. The van der Waals surface area contributed by atoms with Gasteiger partial charge in [-0.25, -0.2) is 4.79 Å². The van der Waals surface area contributed by atoms with Crippen molar-refractivity contribution in [1.29, 1.82) is 0 Å². The Morgan fingerprint density at radius 2 is 1.90 bits per heavy atom. The van der Waals surface area contributed by atoms with Crippen LogP contribution in [0.4, 0.5) is 17.1 Å². The molecule has 0 aliphatic carbocycles. The second-order valence-corrected chi connectivity index (χ2v) is 7.51. The van der Waals surface area contributed by atoms with Gasteiger partial charge in [-0.15, -0.1) is 0 Å². The molecule has 3 aromatic carbocycles. The Kier molecular flexibility index (Phi) is 5.17. The Hall–Kier alpha value is -3.77. The highest BCUT2D eigenvalue weighted by atomic mass is 35.5. The predicted molar refractivity (Wildman–Crippen MR) is 122 cm³/mol. The highest BCUT2D eigenvalue weighted by Gasteiger charge is 2.35. The number of rotatable bonds is 4. The Morgan fingerprint density at radius 3 is 2.58 bits per heavy atom. The lowest BCUT2D eigenvalue weighted by Crippen LogP contribution is -2.21. The summed E-state index contributed by atoms with van der Waals surface area (Å²) in [7, 11) is 1.54. The maximum atomic E-state index is 13.6. The number of halogens is 1. The van der Waals surface area contributed by atoms with Crippen LogP contribution in [0.25, 0.3) is 11.6 Å². The number of benzene rings is 3. The summed E-state index contributed by atoms with van der Waals surface area (Å²) < 4.78 is 5.43. The molecule has 1 aliphatic rings. The molecule has 7 heteroatoms. The fourth-order valence-corrected chi connectivity index (χ4v) is 4.00. The van der Waals surface area contributed by atoms with Crippen LogP contribution < -0.4 is 15.4 Å². The van der Waals surface area contributed by atoms with Gasteiger partial charge in [0.15, 0.2) is 0 Å². The quantitative estimate of drug-likeness (QED) is 0.437. The molecule has 0 radical (unpaired) electrons. The Bertz CT molecular complexity index is 1270. The summed E-state index contributed by atoms with van der Waals surface area (Å²) in [5, 5.41) is 9.72. The number of hydrogen-bond donors (Lipinski definition) is 2. The number of hydrogen-bond acceptors (Lipinski definition) is 4. The molecule has 0 saturated heterocycles. The lowest BCUT2D eigenvalue weighted by Gasteiger charge is -2.18. The van der Waals surface area contributed by atoms with E-state index in [1.54, 1.807) is 37.5 Å². The van der Waals surface area contributed by atoms with Crippen molar-refractivity contribution >= 4 is 52.2 Å². The first-order valence-electron chi connectivity index (χ1n) is 9.45. The molecule has 4 rings (SSSR count). The summed E-state index contributed by atoms with van der Waals surface area (Å²) in [6.45, 7) is 1.93. The maximum absolute atomic E-state index is 13.6. The van der Waals surface area contributed by atoms with E-state index >= 15 is 0 Å². The van der Waals surface area contributed by atoms with Gasteiger partial charge in [0.05, 0.1) is 34.6 Å². The van der Waals surface area contributed by atoms with E-state index in [9.17, 15) is 14.7 Å². The Balaban J connectivity index is 1.92. The van der Waals surface area contributed by atoms with Crippen LogP contribution in [-0.4, -0.2) is 24.1 Å². The topological polar surface area (TPSA) is 92.9 Å². The maximum Gasteiger partial charge on any atom is 0.337 e. The molecule has 3 aromatic rings. The number of nitrogen functional groups attached to an aromatic ring is 1. The molecule has 31 heavy (non-hydrogen) atoms. The Morgan fingerprint density at radius 1 is 1.16 bits per heavy atom. The minimum absolute atomic E-state index is 0.0172. The molecular weight excluding hydrogens is 416 g/mol. The summed E-state index contributed by atoms with van der Waals surface area (Å²) in [4.78, 5) is 26.4. The van der Waals surface area contributed by atoms with Gasteiger partial charge >= 0.3 is 5.97 Å². The minimum atomic E-state index is -1.13. The molecule has 1 aliphatic heterocycles. The zero-order valence-electron chi connectivity index (χ0n) is 16.8. The number of carboxylic acids is 1. The van der Waals surface area contributed by atoms with Gasteiger partial charge in [-0.2, -0.15) is 0 Å². The number of aryl methyl sites for hydroxylation is 1. The molecule has 0 fully saturated rings. The summed E-state index contributed by atoms with van der Waals surface area (Å²) >= 11 is 6.40. The number of nitrogens with zero attached hydrogens (tertiary/aromatic N) is 1. The molecule has 0 spiro atoms. The van der Waals surface area contributed by atoms with Crippen molar-refractivity contribution in [2.75, 3.05) is 17.7 Å². The number of ether oxygens (including phenoxy) is 1. The van der Waals surface area contributed by atoms with Gasteiger partial charge in [-0.05, 0) is 55.0 Å². The SMILES string of the molecule is COc1cccc(Cl)c1/C=C1/C(=O)N(c2ccc(C(=O)O)c(N)c2)c2cccc(C)c21. The van der Waals surface area contributed by atoms with Gasteiger partial charge in [-0.3, -0.25) is 9.69 Å². The molecule has 3 N–H and O–H groups in total. The van der Waals surface area contributed by atoms with Crippen LogP contribution in [0.15, 0.2) is 54.6 Å². The van der Waals surface area contributed by atoms with Crippen LogP contribution >= 0.6 is 11.6 Å². The van der Waals surface area contributed by atoms with Crippen molar-refractivity contribution in [3.63, 3.8) is 0 Å². The number of carbonyl (C=O) groups is 2. The first-order valence-corrected chi connectivity index (χ1v) is 9.82. The average molecular weight is 435 g/mol. The van der Waals surface area contributed by atoms with Crippen molar-refractivity contribution < 1.29 is 19.4 Å². The van der Waals surface area contributed by atoms with E-state index in [-0.39, 0.29) is 17.2 Å². The van der Waals surface area contributed by atoms with Crippen LogP contribution in [0.2, 0.25) is 5.02 Å². The molecule has 0 saturated carbocycles. The second-order valence-electron chi connectivity index (χ2n) is 7.10. The van der Waals surface area contributed by atoms with Gasteiger partial charge < -0.3 is 15.6 Å². The smallest absolute Gasteiger partial charge is 0.337 e.